The van der Waals surface area contributed by atoms with Gasteiger partial charge in [0.1, 0.15) is 9.79 Å². The minimum absolute atomic E-state index is 0.0143. The van der Waals surface area contributed by atoms with Crippen molar-refractivity contribution in [2.75, 3.05) is 18.6 Å². The molecule has 11 heteroatoms. The summed E-state index contributed by atoms with van der Waals surface area (Å²) < 4.78 is 47.9. The lowest BCUT2D eigenvalue weighted by molar-refractivity contribution is 0.318. The van der Waals surface area contributed by atoms with Gasteiger partial charge in [-0.2, -0.15) is 4.72 Å². The van der Waals surface area contributed by atoms with Gasteiger partial charge in [-0.25, -0.2) is 22.0 Å². The molecule has 1 aliphatic rings. The Bertz CT molecular complexity index is 703. The fourth-order valence-corrected chi connectivity index (χ4v) is 3.70. The Hall–Kier alpha value is -0.910. The number of benzene rings is 1. The molecule has 0 atom stereocenters. The number of hydrogen-bond donors (Lipinski definition) is 4. The van der Waals surface area contributed by atoms with E-state index in [0.717, 1.165) is 6.07 Å². The zero-order valence-corrected chi connectivity index (χ0v) is 12.8. The molecule has 0 amide bonds. The lowest BCUT2D eigenvalue weighted by Gasteiger charge is -2.20. The molecular weight excluding hydrogens is 330 g/mol. The maximum absolute atomic E-state index is 11.6. The van der Waals surface area contributed by atoms with Gasteiger partial charge >= 0.3 is 0 Å². The highest BCUT2D eigenvalue weighted by molar-refractivity contribution is 7.90. The standard InChI is InChI=1S/C7H8ClN3O4S2.C2H6O/c8-4-1-5-7(2-6(4)16(9,12)13)17(14,15)11-3-10-5;1-2-3/h1-2,10-11H,3H2,(H2,9,12,13);3H,2H2,1H3. The van der Waals surface area contributed by atoms with Gasteiger partial charge in [0, 0.05) is 6.61 Å². The quantitative estimate of drug-likeness (QED) is 0.549. The predicted octanol–water partition coefficient (Wildman–Crippen LogP) is -0.353. The van der Waals surface area contributed by atoms with E-state index in [4.69, 9.17) is 21.8 Å². The molecule has 0 saturated heterocycles. The van der Waals surface area contributed by atoms with Crippen LogP contribution >= 0.6 is 11.6 Å². The summed E-state index contributed by atoms with van der Waals surface area (Å²) in [5.41, 5.74) is 0.237. The van der Waals surface area contributed by atoms with Crippen molar-refractivity contribution in [1.29, 1.82) is 0 Å². The fraction of sp³-hybridized carbons (Fsp3) is 0.333. The zero-order valence-electron chi connectivity index (χ0n) is 10.4. The summed E-state index contributed by atoms with van der Waals surface area (Å²) in [5, 5.41) is 15.1. The van der Waals surface area contributed by atoms with E-state index >= 15 is 0 Å². The van der Waals surface area contributed by atoms with E-state index in [1.54, 1.807) is 6.92 Å². The highest BCUT2D eigenvalue weighted by atomic mass is 35.5. The Balaban J connectivity index is 0.000000612. The Labute approximate surface area is 122 Å². The number of halogens is 1. The van der Waals surface area contributed by atoms with Gasteiger partial charge in [-0.3, -0.25) is 0 Å². The van der Waals surface area contributed by atoms with Crippen LogP contribution in [0.4, 0.5) is 5.69 Å². The van der Waals surface area contributed by atoms with E-state index in [0.29, 0.717) is 0 Å². The largest absolute Gasteiger partial charge is 0.397 e. The van der Waals surface area contributed by atoms with Crippen LogP contribution in [0.2, 0.25) is 5.02 Å². The van der Waals surface area contributed by atoms with Gasteiger partial charge < -0.3 is 10.4 Å². The molecule has 5 N–H and O–H groups in total. The SMILES string of the molecule is CCO.NS(=O)(=O)c1cc2c(cc1Cl)NCNS2(=O)=O. The molecule has 0 radical (unpaired) electrons. The maximum Gasteiger partial charge on any atom is 0.244 e. The van der Waals surface area contributed by atoms with Crippen molar-refractivity contribution >= 4 is 37.3 Å². The smallest absolute Gasteiger partial charge is 0.244 e. The summed E-state index contributed by atoms with van der Waals surface area (Å²) in [6.07, 6.45) is 0. The van der Waals surface area contributed by atoms with Crippen LogP contribution in [0.25, 0.3) is 0 Å². The second-order valence-corrected chi connectivity index (χ2v) is 7.31. The number of hydrogen-bond acceptors (Lipinski definition) is 6. The highest BCUT2D eigenvalue weighted by Crippen LogP contribution is 2.32. The van der Waals surface area contributed by atoms with Crippen molar-refractivity contribution in [2.45, 2.75) is 16.7 Å². The molecule has 0 fully saturated rings. The second kappa shape index (κ2) is 6.24. The number of primary sulfonamides is 1. The van der Waals surface area contributed by atoms with Crippen molar-refractivity contribution in [3.63, 3.8) is 0 Å². The van der Waals surface area contributed by atoms with Gasteiger partial charge in [0.15, 0.2) is 0 Å². The minimum Gasteiger partial charge on any atom is -0.397 e. The molecule has 1 aromatic rings. The third-order valence-electron chi connectivity index (χ3n) is 2.17. The second-order valence-electron chi connectivity index (χ2n) is 3.64. The van der Waals surface area contributed by atoms with Crippen LogP contribution in [0, 0.1) is 0 Å². The summed E-state index contributed by atoms with van der Waals surface area (Å²) in [4.78, 5) is -0.621. The minimum atomic E-state index is -4.07. The number of nitrogens with two attached hydrogens (primary N) is 1. The molecule has 1 aromatic carbocycles. The number of nitrogens with one attached hydrogen (secondary N) is 2. The average molecular weight is 344 g/mol. The molecule has 1 aliphatic heterocycles. The van der Waals surface area contributed by atoms with E-state index in [9.17, 15) is 16.8 Å². The first-order chi connectivity index (χ1) is 9.13. The van der Waals surface area contributed by atoms with E-state index < -0.39 is 24.9 Å². The van der Waals surface area contributed by atoms with E-state index in [-0.39, 0.29) is 28.9 Å². The molecule has 20 heavy (non-hydrogen) atoms. The van der Waals surface area contributed by atoms with Crippen LogP contribution in [0.15, 0.2) is 21.9 Å². The van der Waals surface area contributed by atoms with Gasteiger partial charge in [0.05, 0.1) is 17.4 Å². The summed E-state index contributed by atoms with van der Waals surface area (Å²) in [7, 11) is -7.80. The first-order valence-corrected chi connectivity index (χ1v) is 8.75. The van der Waals surface area contributed by atoms with Crippen molar-refractivity contribution < 1.29 is 21.9 Å². The maximum atomic E-state index is 11.6. The molecular formula is C9H14ClN3O5S2. The van der Waals surface area contributed by atoms with E-state index in [2.05, 4.69) is 10.0 Å². The molecule has 114 valence electrons. The van der Waals surface area contributed by atoms with Gasteiger partial charge in [-0.1, -0.05) is 11.6 Å². The molecule has 0 spiro atoms. The Kier molecular flexibility index (Phi) is 5.35. The number of fused-ring (bicyclic) bond motifs is 1. The monoisotopic (exact) mass is 343 g/mol. The number of rotatable bonds is 1. The summed E-state index contributed by atoms with van der Waals surface area (Å²) in [5.74, 6) is 0. The normalized spacial score (nSPS) is 16.4. The zero-order chi connectivity index (χ0) is 15.6. The molecule has 0 aromatic heterocycles. The Morgan fingerprint density at radius 2 is 2.00 bits per heavy atom. The third kappa shape index (κ3) is 3.81. The van der Waals surface area contributed by atoms with Crippen molar-refractivity contribution in [2.24, 2.45) is 5.14 Å². The third-order valence-corrected chi connectivity index (χ3v) is 4.99. The van der Waals surface area contributed by atoms with Crippen molar-refractivity contribution in [1.82, 2.24) is 4.72 Å². The lowest BCUT2D eigenvalue weighted by Crippen LogP contribution is -2.34. The van der Waals surface area contributed by atoms with Crippen molar-refractivity contribution in [3.8, 4) is 0 Å². The topological polar surface area (TPSA) is 139 Å². The van der Waals surface area contributed by atoms with Crippen LogP contribution in [0.3, 0.4) is 0 Å². The van der Waals surface area contributed by atoms with Crippen LogP contribution in [-0.4, -0.2) is 35.2 Å². The number of aliphatic hydroxyl groups excluding tert-OH is 1. The number of sulfonamides is 2. The van der Waals surface area contributed by atoms with Crippen LogP contribution in [-0.2, 0) is 20.0 Å². The predicted molar refractivity (Wildman–Crippen MR) is 74.4 cm³/mol. The molecule has 8 nitrogen and oxygen atoms in total. The molecule has 0 aliphatic carbocycles. The molecule has 0 bridgehead atoms. The van der Waals surface area contributed by atoms with Crippen LogP contribution in [0.1, 0.15) is 6.92 Å². The van der Waals surface area contributed by atoms with E-state index in [1.165, 1.54) is 6.07 Å². The van der Waals surface area contributed by atoms with Crippen LogP contribution in [0.5, 0.6) is 0 Å². The molecule has 0 unspecified atom stereocenters. The van der Waals surface area contributed by atoms with Gasteiger partial charge in [-0.15, -0.1) is 0 Å². The van der Waals surface area contributed by atoms with Gasteiger partial charge in [0.25, 0.3) is 0 Å². The number of anilines is 1. The number of aliphatic hydroxyl groups is 1. The summed E-state index contributed by atoms with van der Waals surface area (Å²) >= 11 is 5.72. The molecule has 2 rings (SSSR count). The Morgan fingerprint density at radius 1 is 1.45 bits per heavy atom. The Morgan fingerprint density at radius 3 is 2.50 bits per heavy atom. The van der Waals surface area contributed by atoms with Crippen molar-refractivity contribution in [3.05, 3.63) is 17.2 Å². The lowest BCUT2D eigenvalue weighted by atomic mass is 10.3. The van der Waals surface area contributed by atoms with E-state index in [1.807, 2.05) is 0 Å². The average Bonchev–Trinajstić information content (AvgIpc) is 2.26. The first kappa shape index (κ1) is 17.1. The molecule has 1 heterocycles. The summed E-state index contributed by atoms with van der Waals surface area (Å²) in [6, 6.07) is 2.15. The first-order valence-electron chi connectivity index (χ1n) is 5.34. The van der Waals surface area contributed by atoms with Crippen LogP contribution < -0.4 is 15.2 Å². The summed E-state index contributed by atoms with van der Waals surface area (Å²) in [6.45, 7) is 1.94. The molecule has 0 saturated carbocycles. The van der Waals surface area contributed by atoms with Gasteiger partial charge in [-0.05, 0) is 19.1 Å². The highest BCUT2D eigenvalue weighted by Gasteiger charge is 2.26. The fourth-order valence-electron chi connectivity index (χ4n) is 1.42. The van der Waals surface area contributed by atoms with Gasteiger partial charge in [0.2, 0.25) is 20.0 Å².